The van der Waals surface area contributed by atoms with Gasteiger partial charge in [-0.25, -0.2) is 8.42 Å². The average molecular weight is 516 g/mol. The summed E-state index contributed by atoms with van der Waals surface area (Å²) in [6, 6.07) is 6.35. The smallest absolute Gasteiger partial charge is 0.380 e. The number of carbonyl (C=O) groups is 1. The number of hydrogen-bond donors (Lipinski definition) is 1. The fourth-order valence-electron chi connectivity index (χ4n) is 4.74. The number of anilines is 1. The highest BCUT2D eigenvalue weighted by molar-refractivity contribution is 7.91. The lowest BCUT2D eigenvalue weighted by atomic mass is 9.99. The molecule has 0 bridgehead atoms. The predicted octanol–water partition coefficient (Wildman–Crippen LogP) is 4.20. The van der Waals surface area contributed by atoms with Gasteiger partial charge < -0.3 is 10.2 Å². The molecule has 2 atom stereocenters. The summed E-state index contributed by atoms with van der Waals surface area (Å²) in [6.07, 6.45) is -1.89. The van der Waals surface area contributed by atoms with Crippen molar-refractivity contribution in [3.63, 3.8) is 0 Å². The maximum atomic E-state index is 14.0. The highest BCUT2D eigenvalue weighted by Crippen LogP contribution is 2.38. The molecule has 4 rings (SSSR count). The number of hydrogen-bond acceptors (Lipinski definition) is 5. The molecule has 1 aromatic heterocycles. The van der Waals surface area contributed by atoms with Crippen LogP contribution in [0.5, 0.6) is 0 Å². The Hall–Kier alpha value is -2.33. The monoisotopic (exact) mass is 515 g/mol. The standard InChI is InChI=1S/C23H25ClF3N3O3S/c1-30(22(31)14-7-9-34(32,33)10-8-14)21(23(25,26)27)20-6-5-16(13-28-20)29-17-11-15-3-2-4-19(24)18(15)12-17/h2-6,13-14,17,21,29H,7-12H2,1H3. The van der Waals surface area contributed by atoms with Crippen molar-refractivity contribution in [2.75, 3.05) is 23.9 Å². The minimum absolute atomic E-state index is 0.0279. The molecule has 1 fully saturated rings. The normalized spacial score (nSPS) is 21.0. The van der Waals surface area contributed by atoms with E-state index in [2.05, 4.69) is 10.3 Å². The molecule has 2 aliphatic rings. The van der Waals surface area contributed by atoms with Crippen LogP contribution in [-0.2, 0) is 27.5 Å². The molecule has 6 nitrogen and oxygen atoms in total. The SMILES string of the molecule is CN(C(=O)C1CCS(=O)(=O)CC1)C(c1ccc(NC2Cc3cccc(Cl)c3C2)cn1)C(F)(F)F. The van der Waals surface area contributed by atoms with Gasteiger partial charge in [-0.3, -0.25) is 9.78 Å². The molecule has 184 valence electrons. The molecule has 0 radical (unpaired) electrons. The lowest BCUT2D eigenvalue weighted by molar-refractivity contribution is -0.191. The van der Waals surface area contributed by atoms with Crippen LogP contribution in [0.2, 0.25) is 5.02 Å². The predicted molar refractivity (Wildman–Crippen MR) is 123 cm³/mol. The summed E-state index contributed by atoms with van der Waals surface area (Å²) in [6.45, 7) is 0. The third-order valence-corrected chi connectivity index (χ3v) is 8.59. The number of nitrogens with one attached hydrogen (secondary N) is 1. The van der Waals surface area contributed by atoms with Gasteiger partial charge in [0.15, 0.2) is 6.04 Å². The van der Waals surface area contributed by atoms with Crippen molar-refractivity contribution in [3.8, 4) is 0 Å². The van der Waals surface area contributed by atoms with E-state index >= 15 is 0 Å². The van der Waals surface area contributed by atoms with Gasteiger partial charge in [-0.1, -0.05) is 23.7 Å². The maximum absolute atomic E-state index is 14.0. The summed E-state index contributed by atoms with van der Waals surface area (Å²) in [7, 11) is -2.14. The van der Waals surface area contributed by atoms with Gasteiger partial charge in [0.25, 0.3) is 0 Å². The fourth-order valence-corrected chi connectivity index (χ4v) is 6.50. The van der Waals surface area contributed by atoms with Crippen LogP contribution in [0.4, 0.5) is 18.9 Å². The van der Waals surface area contributed by atoms with Crippen LogP contribution in [0.25, 0.3) is 0 Å². The van der Waals surface area contributed by atoms with E-state index in [1.54, 1.807) is 0 Å². The first-order valence-corrected chi connectivity index (χ1v) is 13.2. The second-order valence-electron chi connectivity index (χ2n) is 8.92. The Bertz CT molecular complexity index is 1160. The minimum Gasteiger partial charge on any atom is -0.380 e. The van der Waals surface area contributed by atoms with Crippen LogP contribution in [0, 0.1) is 5.92 Å². The van der Waals surface area contributed by atoms with E-state index in [0.717, 1.165) is 24.6 Å². The molecule has 0 spiro atoms. The summed E-state index contributed by atoms with van der Waals surface area (Å²) >= 11 is 6.25. The molecule has 1 aliphatic carbocycles. The van der Waals surface area contributed by atoms with E-state index in [1.807, 2.05) is 18.2 Å². The van der Waals surface area contributed by atoms with Crippen molar-refractivity contribution in [3.05, 3.63) is 58.4 Å². The largest absolute Gasteiger partial charge is 0.414 e. The molecule has 0 saturated carbocycles. The zero-order valence-electron chi connectivity index (χ0n) is 18.5. The van der Waals surface area contributed by atoms with Crippen LogP contribution in [0.15, 0.2) is 36.5 Å². The van der Waals surface area contributed by atoms with E-state index in [-0.39, 0.29) is 36.1 Å². The topological polar surface area (TPSA) is 79.4 Å². The van der Waals surface area contributed by atoms with Crippen LogP contribution < -0.4 is 5.32 Å². The highest BCUT2D eigenvalue weighted by Gasteiger charge is 2.47. The third-order valence-electron chi connectivity index (χ3n) is 6.52. The van der Waals surface area contributed by atoms with Crippen molar-refractivity contribution in [2.45, 2.75) is 43.9 Å². The third kappa shape index (κ3) is 5.33. The van der Waals surface area contributed by atoms with Crippen LogP contribution in [0.3, 0.4) is 0 Å². The van der Waals surface area contributed by atoms with Crippen molar-refractivity contribution in [1.29, 1.82) is 0 Å². The molecule has 34 heavy (non-hydrogen) atoms. The van der Waals surface area contributed by atoms with Crippen LogP contribution in [-0.4, -0.2) is 55.0 Å². The number of benzene rings is 1. The highest BCUT2D eigenvalue weighted by atomic mass is 35.5. The van der Waals surface area contributed by atoms with E-state index in [4.69, 9.17) is 11.6 Å². The molecule has 1 aliphatic heterocycles. The number of rotatable bonds is 5. The van der Waals surface area contributed by atoms with Gasteiger partial charge in [-0.15, -0.1) is 0 Å². The molecule has 1 N–H and O–H groups in total. The molecule has 1 saturated heterocycles. The number of sulfone groups is 1. The number of aromatic nitrogens is 1. The molecular formula is C23H25ClF3N3O3S. The number of alkyl halides is 3. The maximum Gasteiger partial charge on any atom is 0.414 e. The van der Waals surface area contributed by atoms with Gasteiger partial charge in [0, 0.05) is 24.0 Å². The van der Waals surface area contributed by atoms with E-state index < -0.39 is 33.9 Å². The molecule has 11 heteroatoms. The Morgan fingerprint density at radius 3 is 2.47 bits per heavy atom. The van der Waals surface area contributed by atoms with Gasteiger partial charge in [-0.2, -0.15) is 13.2 Å². The van der Waals surface area contributed by atoms with Gasteiger partial charge in [0.05, 0.1) is 29.1 Å². The van der Waals surface area contributed by atoms with E-state index in [9.17, 15) is 26.4 Å². The van der Waals surface area contributed by atoms with Gasteiger partial charge >= 0.3 is 6.18 Å². The summed E-state index contributed by atoms with van der Waals surface area (Å²) in [5, 5.41) is 3.99. The average Bonchev–Trinajstić information content (AvgIpc) is 3.17. The van der Waals surface area contributed by atoms with E-state index in [1.165, 1.54) is 18.3 Å². The van der Waals surface area contributed by atoms with Gasteiger partial charge in [-0.05, 0) is 55.0 Å². The Labute approximate surface area is 201 Å². The Kier molecular flexibility index (Phi) is 6.83. The van der Waals surface area contributed by atoms with Crippen molar-refractivity contribution >= 4 is 33.0 Å². The first kappa shape index (κ1) is 24.8. The lowest BCUT2D eigenvalue weighted by Crippen LogP contribution is -2.44. The molecule has 1 aromatic carbocycles. The van der Waals surface area contributed by atoms with E-state index in [0.29, 0.717) is 22.0 Å². The molecule has 2 heterocycles. The van der Waals surface area contributed by atoms with Crippen LogP contribution in [0.1, 0.15) is 35.7 Å². The van der Waals surface area contributed by atoms with Crippen molar-refractivity contribution in [2.24, 2.45) is 5.92 Å². The number of amides is 1. The van der Waals surface area contributed by atoms with Crippen LogP contribution >= 0.6 is 11.6 Å². The Morgan fingerprint density at radius 1 is 1.18 bits per heavy atom. The molecule has 1 amide bonds. The van der Waals surface area contributed by atoms with Gasteiger partial charge in [0.1, 0.15) is 9.84 Å². The zero-order valence-corrected chi connectivity index (χ0v) is 20.1. The summed E-state index contributed by atoms with van der Waals surface area (Å²) in [5.41, 5.74) is 2.49. The number of carbonyl (C=O) groups excluding carboxylic acids is 1. The minimum atomic E-state index is -4.74. The number of halogens is 4. The quantitative estimate of drug-likeness (QED) is 0.645. The molecular weight excluding hydrogens is 491 g/mol. The first-order valence-electron chi connectivity index (χ1n) is 11.0. The van der Waals surface area contributed by atoms with Crippen molar-refractivity contribution in [1.82, 2.24) is 9.88 Å². The summed E-state index contributed by atoms with van der Waals surface area (Å²) in [5.74, 6) is -1.86. The summed E-state index contributed by atoms with van der Waals surface area (Å²) < 4.78 is 65.1. The Morgan fingerprint density at radius 2 is 1.88 bits per heavy atom. The number of pyridine rings is 1. The second-order valence-corrected chi connectivity index (χ2v) is 11.6. The summed E-state index contributed by atoms with van der Waals surface area (Å²) in [4.78, 5) is 17.5. The number of nitrogens with zero attached hydrogens (tertiary/aromatic N) is 2. The zero-order chi connectivity index (χ0) is 24.7. The van der Waals surface area contributed by atoms with Crippen molar-refractivity contribution < 1.29 is 26.4 Å². The fraction of sp³-hybridized carbons (Fsp3) is 0.478. The lowest BCUT2D eigenvalue weighted by Gasteiger charge is -2.33. The molecule has 2 unspecified atom stereocenters. The second kappa shape index (κ2) is 9.37. The first-order chi connectivity index (χ1) is 15.9. The number of fused-ring (bicyclic) bond motifs is 1. The van der Waals surface area contributed by atoms with Gasteiger partial charge in [0.2, 0.25) is 5.91 Å². The Balaban J connectivity index is 1.46. The molecule has 2 aromatic rings.